The Hall–Kier alpha value is -7.42. The van der Waals surface area contributed by atoms with E-state index in [2.05, 4.69) is 270 Å². The Morgan fingerprint density at radius 1 is 0.237 bits per heavy atom. The van der Waals surface area contributed by atoms with Gasteiger partial charge in [-0.3, -0.25) is 9.97 Å². The maximum Gasteiger partial charge on any atom is 0.0787 e. The van der Waals surface area contributed by atoms with Gasteiger partial charge >= 0.3 is 0 Å². The van der Waals surface area contributed by atoms with E-state index in [0.717, 1.165) is 38.1 Å². The van der Waals surface area contributed by atoms with Crippen molar-refractivity contribution in [2.24, 2.45) is 0 Å². The Balaban J connectivity index is 1.19. The molecule has 0 saturated carbocycles. The van der Waals surface area contributed by atoms with Crippen molar-refractivity contribution in [1.82, 2.24) is 9.97 Å². The van der Waals surface area contributed by atoms with E-state index >= 15 is 0 Å². The SMILES string of the molecule is CC(C)(C)c1cc(-c2c3c(c(-c4cc(C(C)(C)C)cc(C(C)(C)C)c4)c4ccccc24)-c2ccc(-c4cc5c(cc(-c6cc(C(C)(C)C)cc(C(C)(C)C)c6)c6cccnc65)c5ncccc45)c4cccc-3c24)cc(C(C)(C)C)c1. The number of hydrogen-bond acceptors (Lipinski definition) is 2. The van der Waals surface area contributed by atoms with Gasteiger partial charge in [0.05, 0.1) is 11.0 Å². The highest BCUT2D eigenvalue weighted by Crippen LogP contribution is 2.60. The van der Waals surface area contributed by atoms with Crippen molar-refractivity contribution in [2.45, 2.75) is 157 Å². The van der Waals surface area contributed by atoms with Crippen molar-refractivity contribution in [3.05, 3.63) is 191 Å². The van der Waals surface area contributed by atoms with E-state index in [9.17, 15) is 0 Å². The van der Waals surface area contributed by atoms with Crippen LogP contribution in [0.2, 0.25) is 0 Å². The minimum atomic E-state index is -0.0589. The average Bonchev–Trinajstić information content (AvgIpc) is 3.88. The van der Waals surface area contributed by atoms with Gasteiger partial charge in [0.2, 0.25) is 0 Å². The molecule has 0 unspecified atom stereocenters. The molecule has 0 amide bonds. The second-order valence-electron chi connectivity index (χ2n) is 29.6. The fourth-order valence-corrected chi connectivity index (χ4v) is 12.7. The van der Waals surface area contributed by atoms with Gasteiger partial charge in [-0.05, 0) is 178 Å². The number of fused-ring (bicyclic) bond motifs is 9. The van der Waals surface area contributed by atoms with E-state index in [-0.39, 0.29) is 32.5 Å². The fourth-order valence-electron chi connectivity index (χ4n) is 12.7. The lowest BCUT2D eigenvalue weighted by molar-refractivity contribution is 0.568. The molecule has 2 nitrogen and oxygen atoms in total. The summed E-state index contributed by atoms with van der Waals surface area (Å²) in [5, 5.41) is 9.59. The highest BCUT2D eigenvalue weighted by Gasteiger charge is 2.34. The third-order valence-electron chi connectivity index (χ3n) is 17.5. The zero-order valence-corrected chi connectivity index (χ0v) is 50.9. The highest BCUT2D eigenvalue weighted by atomic mass is 14.7. The first kappa shape index (κ1) is 53.2. The van der Waals surface area contributed by atoms with Crippen LogP contribution in [0.25, 0.3) is 121 Å². The second kappa shape index (κ2) is 18.0. The molecule has 1 aliphatic rings. The number of hydrogen-bond donors (Lipinski definition) is 0. The summed E-state index contributed by atoms with van der Waals surface area (Å²) < 4.78 is 0. The fraction of sp³-hybridized carbons (Fsp3) is 0.308. The number of rotatable bonds is 4. The second-order valence-corrected chi connectivity index (χ2v) is 29.6. The van der Waals surface area contributed by atoms with Gasteiger partial charge in [-0.25, -0.2) is 0 Å². The molecule has 2 heteroatoms. The summed E-state index contributed by atoms with van der Waals surface area (Å²) in [6.45, 7) is 42.2. The Labute approximate surface area is 476 Å². The van der Waals surface area contributed by atoms with Crippen LogP contribution in [0.4, 0.5) is 0 Å². The average molecular weight is 1050 g/mol. The molecule has 0 saturated heterocycles. The number of benzene rings is 9. The molecule has 11 aromatic rings. The Morgan fingerprint density at radius 3 is 0.988 bits per heavy atom. The van der Waals surface area contributed by atoms with Crippen LogP contribution >= 0.6 is 0 Å². The first-order valence-electron chi connectivity index (χ1n) is 29.2. The summed E-state index contributed by atoms with van der Waals surface area (Å²) in [6.07, 6.45) is 3.92. The van der Waals surface area contributed by atoms with Crippen LogP contribution in [0.15, 0.2) is 158 Å². The van der Waals surface area contributed by atoms with Gasteiger partial charge in [0.1, 0.15) is 0 Å². The molecule has 0 N–H and O–H groups in total. The molecule has 0 atom stereocenters. The highest BCUT2D eigenvalue weighted by molar-refractivity contribution is 6.30. The molecular formula is C78H80N2. The number of nitrogens with zero attached hydrogens (tertiary/aromatic N) is 2. The largest absolute Gasteiger partial charge is 0.256 e. The van der Waals surface area contributed by atoms with E-state index < -0.39 is 0 Å². The summed E-state index contributed by atoms with van der Waals surface area (Å²) in [6, 6.07) is 57.0. The number of aromatic nitrogens is 2. The molecule has 2 aromatic heterocycles. The molecule has 402 valence electrons. The lowest BCUT2D eigenvalue weighted by Gasteiger charge is -2.29. The Bertz CT molecular complexity index is 4160. The molecule has 2 heterocycles. The van der Waals surface area contributed by atoms with E-state index in [1.807, 2.05) is 12.4 Å². The van der Waals surface area contributed by atoms with Crippen molar-refractivity contribution in [3.63, 3.8) is 0 Å². The lowest BCUT2D eigenvalue weighted by atomic mass is 9.75. The summed E-state index contributed by atoms with van der Waals surface area (Å²) >= 11 is 0. The zero-order chi connectivity index (χ0) is 57.0. The van der Waals surface area contributed by atoms with E-state index in [4.69, 9.17) is 9.97 Å². The summed E-state index contributed by atoms with van der Waals surface area (Å²) in [7, 11) is 0. The third kappa shape index (κ3) is 8.84. The maximum absolute atomic E-state index is 5.30. The van der Waals surface area contributed by atoms with Crippen LogP contribution in [-0.2, 0) is 32.5 Å². The predicted octanol–water partition coefficient (Wildman–Crippen LogP) is 22.3. The zero-order valence-electron chi connectivity index (χ0n) is 50.9. The van der Waals surface area contributed by atoms with Gasteiger partial charge in [-0.15, -0.1) is 0 Å². The van der Waals surface area contributed by atoms with Crippen molar-refractivity contribution in [3.8, 4) is 66.8 Å². The molecule has 80 heavy (non-hydrogen) atoms. The van der Waals surface area contributed by atoms with Gasteiger partial charge < -0.3 is 0 Å². The molecule has 0 radical (unpaired) electrons. The molecule has 9 aromatic carbocycles. The van der Waals surface area contributed by atoms with Crippen LogP contribution in [0.1, 0.15) is 158 Å². The van der Waals surface area contributed by atoms with Crippen LogP contribution in [0.5, 0.6) is 0 Å². The minimum absolute atomic E-state index is 0.0259. The van der Waals surface area contributed by atoms with E-state index in [0.29, 0.717) is 0 Å². The summed E-state index contributed by atoms with van der Waals surface area (Å²) in [5.74, 6) is 0. The number of pyridine rings is 2. The van der Waals surface area contributed by atoms with Gasteiger partial charge in [0.15, 0.2) is 0 Å². The maximum atomic E-state index is 5.30. The normalized spacial score (nSPS) is 13.4. The Morgan fingerprint density at radius 2 is 0.575 bits per heavy atom. The van der Waals surface area contributed by atoms with Crippen molar-refractivity contribution >= 4 is 54.1 Å². The first-order chi connectivity index (χ1) is 37.5. The molecule has 1 aliphatic carbocycles. The topological polar surface area (TPSA) is 25.8 Å². The summed E-state index contributed by atoms with van der Waals surface area (Å²) in [4.78, 5) is 10.6. The standard InChI is InChI=1S/C78H80N2/c1-73(2,3)48-34-45(35-49(40-48)74(4,5)6)62-43-64-65(71-58(62)28-22-32-79-71)44-63(59-29-23-33-80-72(59)64)54-30-31-61-68-55(54)26-21-27-60(68)69-66(46-36-50(75(7,8)9)41-51(37-46)76(10,11)12)56-24-19-20-25-57(56)67(70(61)69)47-38-52(77(13,14)15)42-53(39-47)78(16,17)18/h19-44H,1-18H3. The van der Waals surface area contributed by atoms with Gasteiger partial charge in [0.25, 0.3) is 0 Å². The molecule has 0 aliphatic heterocycles. The monoisotopic (exact) mass is 1040 g/mol. The van der Waals surface area contributed by atoms with Crippen molar-refractivity contribution in [2.75, 3.05) is 0 Å². The van der Waals surface area contributed by atoms with Crippen LogP contribution < -0.4 is 0 Å². The Kier molecular flexibility index (Phi) is 12.0. The van der Waals surface area contributed by atoms with Crippen LogP contribution in [-0.4, -0.2) is 9.97 Å². The molecule has 0 bridgehead atoms. The molecular weight excluding hydrogens is 965 g/mol. The quantitative estimate of drug-likeness (QED) is 0.164. The smallest absolute Gasteiger partial charge is 0.0787 e. The van der Waals surface area contributed by atoms with Crippen LogP contribution in [0.3, 0.4) is 0 Å². The molecule has 12 rings (SSSR count). The third-order valence-corrected chi connectivity index (χ3v) is 17.5. The van der Waals surface area contributed by atoms with Gasteiger partial charge in [-0.1, -0.05) is 246 Å². The molecule has 0 fully saturated rings. The first-order valence-corrected chi connectivity index (χ1v) is 29.2. The lowest BCUT2D eigenvalue weighted by Crippen LogP contribution is -2.17. The summed E-state index contributed by atoms with van der Waals surface area (Å²) in [5.41, 5.74) is 24.9. The van der Waals surface area contributed by atoms with Crippen LogP contribution in [0, 0.1) is 0 Å². The van der Waals surface area contributed by atoms with Gasteiger partial charge in [-0.2, -0.15) is 0 Å². The van der Waals surface area contributed by atoms with Gasteiger partial charge in [0, 0.05) is 33.9 Å². The predicted molar refractivity (Wildman–Crippen MR) is 348 cm³/mol. The van der Waals surface area contributed by atoms with Crippen molar-refractivity contribution in [1.29, 1.82) is 0 Å². The van der Waals surface area contributed by atoms with E-state index in [1.165, 1.54) is 116 Å². The minimum Gasteiger partial charge on any atom is -0.256 e. The van der Waals surface area contributed by atoms with E-state index in [1.54, 1.807) is 0 Å². The van der Waals surface area contributed by atoms with Crippen molar-refractivity contribution < 1.29 is 0 Å². The molecule has 0 spiro atoms.